The lowest BCUT2D eigenvalue weighted by atomic mass is 9.83. The highest BCUT2D eigenvalue weighted by Gasteiger charge is 2.42. The Morgan fingerprint density at radius 3 is 2.27 bits per heavy atom. The number of alkyl halides is 3. The van der Waals surface area contributed by atoms with Crippen molar-refractivity contribution < 1.29 is 41.8 Å². The van der Waals surface area contributed by atoms with Gasteiger partial charge in [-0.2, -0.15) is 13.2 Å². The summed E-state index contributed by atoms with van der Waals surface area (Å²) >= 11 is 0. The number of rotatable bonds is 9. The molecule has 238 valence electrons. The first-order valence-corrected chi connectivity index (χ1v) is 14.9. The molecule has 1 fully saturated rings. The molecule has 1 aliphatic carbocycles. The molecule has 3 amide bonds. The fourth-order valence-corrected chi connectivity index (χ4v) is 5.73. The molecule has 1 aliphatic heterocycles. The number of fused-ring (bicyclic) bond motifs is 1. The van der Waals surface area contributed by atoms with E-state index in [0.29, 0.717) is 23.6 Å². The van der Waals surface area contributed by atoms with Gasteiger partial charge in [-0.15, -0.1) is 0 Å². The fourth-order valence-electron chi connectivity index (χ4n) is 5.73. The Labute approximate surface area is 254 Å². The van der Waals surface area contributed by atoms with Gasteiger partial charge >= 0.3 is 30.1 Å². The van der Waals surface area contributed by atoms with Crippen LogP contribution in [0.4, 0.5) is 23.7 Å². The number of amides is 3. The summed E-state index contributed by atoms with van der Waals surface area (Å²) in [5.74, 6) is -2.37. The monoisotopic (exact) mass is 617 g/mol. The lowest BCUT2D eigenvalue weighted by molar-refractivity contribution is -0.185. The molecule has 1 heterocycles. The van der Waals surface area contributed by atoms with Crippen LogP contribution in [0, 0.1) is 5.92 Å². The summed E-state index contributed by atoms with van der Waals surface area (Å²) in [5.41, 5.74) is 2.69. The molecule has 0 saturated heterocycles. The molecule has 0 aromatic heterocycles. The van der Waals surface area contributed by atoms with Crippen LogP contribution in [0.1, 0.15) is 55.2 Å². The summed E-state index contributed by atoms with van der Waals surface area (Å²) in [7, 11) is 1.37. The van der Waals surface area contributed by atoms with Crippen molar-refractivity contribution in [3.8, 4) is 0 Å². The van der Waals surface area contributed by atoms with Crippen LogP contribution in [0.5, 0.6) is 0 Å². The highest BCUT2D eigenvalue weighted by Crippen LogP contribution is 2.29. The van der Waals surface area contributed by atoms with Gasteiger partial charge in [0.05, 0.1) is 7.11 Å². The van der Waals surface area contributed by atoms with Crippen LogP contribution < -0.4 is 10.2 Å². The lowest BCUT2D eigenvalue weighted by Gasteiger charge is -2.31. The van der Waals surface area contributed by atoms with Crippen LogP contribution >= 0.6 is 0 Å². The van der Waals surface area contributed by atoms with E-state index in [9.17, 15) is 32.3 Å². The average molecular weight is 618 g/mol. The second-order valence-corrected chi connectivity index (χ2v) is 11.3. The van der Waals surface area contributed by atoms with Crippen LogP contribution in [0.2, 0.25) is 0 Å². The molecule has 0 radical (unpaired) electrons. The highest BCUT2D eigenvalue weighted by atomic mass is 19.4. The van der Waals surface area contributed by atoms with Gasteiger partial charge in [0, 0.05) is 31.2 Å². The maximum absolute atomic E-state index is 13.6. The number of nitrogens with one attached hydrogen (secondary N) is 1. The van der Waals surface area contributed by atoms with Crippen LogP contribution in [-0.2, 0) is 43.3 Å². The van der Waals surface area contributed by atoms with E-state index in [1.165, 1.54) is 12.0 Å². The molecule has 0 spiro atoms. The molecule has 0 bridgehead atoms. The van der Waals surface area contributed by atoms with E-state index < -0.39 is 24.1 Å². The molecular weight excluding hydrogens is 579 g/mol. The number of hydrogen-bond donors (Lipinski definition) is 1. The Balaban J connectivity index is 1.45. The van der Waals surface area contributed by atoms with Crippen LogP contribution in [0.25, 0.3) is 0 Å². The molecule has 2 aromatic rings. The number of anilines is 1. The number of esters is 2. The minimum absolute atomic E-state index is 0.0397. The summed E-state index contributed by atoms with van der Waals surface area (Å²) in [6.07, 6.45) is -0.326. The number of hydrogen-bond acceptors (Lipinski definition) is 6. The van der Waals surface area contributed by atoms with Crippen LogP contribution in [0.15, 0.2) is 48.5 Å². The number of halogens is 3. The predicted molar refractivity (Wildman–Crippen MR) is 156 cm³/mol. The zero-order valence-corrected chi connectivity index (χ0v) is 24.7. The zero-order valence-electron chi connectivity index (χ0n) is 24.7. The zero-order chi connectivity index (χ0) is 31.7. The lowest BCUT2D eigenvalue weighted by Crippen LogP contribution is -2.48. The minimum Gasteiger partial charge on any atom is -0.469 e. The Kier molecular flexibility index (Phi) is 11.2. The van der Waals surface area contributed by atoms with Crippen molar-refractivity contribution in [3.05, 3.63) is 65.2 Å². The summed E-state index contributed by atoms with van der Waals surface area (Å²) in [6, 6.07) is 13.6. The summed E-state index contributed by atoms with van der Waals surface area (Å²) in [4.78, 5) is 51.9. The van der Waals surface area contributed by atoms with E-state index in [-0.39, 0.29) is 51.1 Å². The quantitative estimate of drug-likeness (QED) is 0.400. The highest BCUT2D eigenvalue weighted by molar-refractivity contribution is 5.97. The van der Waals surface area contributed by atoms with Gasteiger partial charge in [-0.05, 0) is 79.7 Å². The fraction of sp³-hybridized carbons (Fsp3) is 0.500. The predicted octanol–water partition coefficient (Wildman–Crippen LogP) is 4.95. The minimum atomic E-state index is -4.95. The van der Waals surface area contributed by atoms with Crippen LogP contribution in [-0.4, -0.2) is 67.7 Å². The molecule has 1 N–H and O–H groups in total. The van der Waals surface area contributed by atoms with Crippen molar-refractivity contribution in [3.63, 3.8) is 0 Å². The Morgan fingerprint density at radius 1 is 0.932 bits per heavy atom. The Hall–Kier alpha value is -4.09. The maximum atomic E-state index is 13.6. The summed E-state index contributed by atoms with van der Waals surface area (Å²) in [6.45, 7) is -0.509. The van der Waals surface area contributed by atoms with Crippen molar-refractivity contribution in [2.24, 2.45) is 5.92 Å². The van der Waals surface area contributed by atoms with Gasteiger partial charge in [0.2, 0.25) is 0 Å². The van der Waals surface area contributed by atoms with Gasteiger partial charge < -0.3 is 19.7 Å². The van der Waals surface area contributed by atoms with Crippen molar-refractivity contribution >= 4 is 29.6 Å². The molecule has 2 aromatic carbocycles. The third kappa shape index (κ3) is 9.20. The van der Waals surface area contributed by atoms with Gasteiger partial charge in [-0.3, -0.25) is 19.3 Å². The maximum Gasteiger partial charge on any atom is 0.471 e. The standard InChI is InChI=1S/C32H38F3N3O6/c1-43-28(39)14-9-22-7-11-26(12-8-22)36-31(42)38(20-29(40)44-21-23-5-3-2-4-6-23)27-13-10-24-15-17-37(18-16-25(24)19-27)30(41)32(33,34)35/h2-6,10,13,19,22,26H,7-9,11-12,14-18,20-21H2,1H3,(H,36,42). The van der Waals surface area contributed by atoms with Gasteiger partial charge in [0.1, 0.15) is 13.2 Å². The van der Waals surface area contributed by atoms with Gasteiger partial charge in [-0.1, -0.05) is 36.4 Å². The van der Waals surface area contributed by atoms with Crippen molar-refractivity contribution in [2.45, 2.75) is 70.2 Å². The van der Waals surface area contributed by atoms with Crippen molar-refractivity contribution in [1.29, 1.82) is 0 Å². The number of carbonyl (C=O) groups is 4. The molecule has 0 unspecified atom stereocenters. The van der Waals surface area contributed by atoms with E-state index in [0.717, 1.165) is 48.1 Å². The first-order valence-electron chi connectivity index (χ1n) is 14.9. The van der Waals surface area contributed by atoms with Gasteiger partial charge in [0.25, 0.3) is 0 Å². The van der Waals surface area contributed by atoms with E-state index in [1.807, 2.05) is 30.3 Å². The van der Waals surface area contributed by atoms with Gasteiger partial charge in [-0.25, -0.2) is 4.79 Å². The number of nitrogens with zero attached hydrogens (tertiary/aromatic N) is 2. The second-order valence-electron chi connectivity index (χ2n) is 11.3. The summed E-state index contributed by atoms with van der Waals surface area (Å²) < 4.78 is 49.3. The Morgan fingerprint density at radius 2 is 1.61 bits per heavy atom. The SMILES string of the molecule is COC(=O)CCC1CCC(NC(=O)N(CC(=O)OCc2ccccc2)c2ccc3c(c2)CCN(C(=O)C(F)(F)F)CC3)CC1. The molecule has 0 atom stereocenters. The smallest absolute Gasteiger partial charge is 0.469 e. The van der Waals surface area contributed by atoms with Gasteiger partial charge in [0.15, 0.2) is 0 Å². The number of urea groups is 1. The third-order valence-corrected chi connectivity index (χ3v) is 8.27. The van der Waals surface area contributed by atoms with E-state index in [2.05, 4.69) is 5.32 Å². The second kappa shape index (κ2) is 15.1. The van der Waals surface area contributed by atoms with E-state index in [4.69, 9.17) is 9.47 Å². The average Bonchev–Trinajstić information content (AvgIpc) is 3.24. The topological polar surface area (TPSA) is 105 Å². The Bertz CT molecular complexity index is 1310. The molecule has 12 heteroatoms. The molecule has 1 saturated carbocycles. The molecule has 4 rings (SSSR count). The number of benzene rings is 2. The largest absolute Gasteiger partial charge is 0.471 e. The first-order chi connectivity index (χ1) is 21.0. The molecule has 44 heavy (non-hydrogen) atoms. The number of methoxy groups -OCH3 is 1. The molecule has 2 aliphatic rings. The normalized spacial score (nSPS) is 18.4. The summed E-state index contributed by atoms with van der Waals surface area (Å²) in [5, 5.41) is 3.03. The van der Waals surface area contributed by atoms with E-state index >= 15 is 0 Å². The number of carbonyl (C=O) groups excluding carboxylic acids is 4. The van der Waals surface area contributed by atoms with Crippen LogP contribution in [0.3, 0.4) is 0 Å². The third-order valence-electron chi connectivity index (χ3n) is 8.27. The van der Waals surface area contributed by atoms with E-state index in [1.54, 1.807) is 18.2 Å². The number of ether oxygens (including phenoxy) is 2. The first kappa shape index (κ1) is 32.8. The molecule has 9 nitrogen and oxygen atoms in total. The molecular formula is C32H38F3N3O6. The van der Waals surface area contributed by atoms with Crippen molar-refractivity contribution in [1.82, 2.24) is 10.2 Å². The van der Waals surface area contributed by atoms with Crippen molar-refractivity contribution in [2.75, 3.05) is 31.6 Å².